The van der Waals surface area contributed by atoms with Gasteiger partial charge in [-0.25, -0.2) is 18.3 Å². The molecule has 1 aromatic carbocycles. The van der Waals surface area contributed by atoms with E-state index in [1.54, 1.807) is 23.1 Å². The van der Waals surface area contributed by atoms with E-state index in [9.17, 15) is 8.78 Å². The molecule has 0 bridgehead atoms. The van der Waals surface area contributed by atoms with Crippen molar-refractivity contribution in [3.8, 4) is 11.1 Å². The van der Waals surface area contributed by atoms with E-state index < -0.39 is 5.92 Å². The molecule has 1 fully saturated rings. The lowest BCUT2D eigenvalue weighted by Gasteiger charge is -2.28. The van der Waals surface area contributed by atoms with Crippen molar-refractivity contribution in [1.82, 2.24) is 24.6 Å². The standard InChI is InChI=1S/C20H18F2N6/c21-20(22)6-3-14(4-7-20)26-19-25-12-18-15(5-10-28(18)27-19)13-1-2-16-17(11-13)24-9-8-23-16/h1-2,5,8-12,14H,3-4,6-7H2,(H,26,27). The van der Waals surface area contributed by atoms with E-state index in [0.717, 1.165) is 27.7 Å². The molecule has 0 aliphatic heterocycles. The lowest BCUT2D eigenvalue weighted by Crippen LogP contribution is -2.32. The van der Waals surface area contributed by atoms with Gasteiger partial charge in [0.1, 0.15) is 0 Å². The Morgan fingerprint density at radius 3 is 2.61 bits per heavy atom. The molecule has 0 amide bonds. The molecule has 3 aromatic heterocycles. The van der Waals surface area contributed by atoms with Crippen LogP contribution >= 0.6 is 0 Å². The van der Waals surface area contributed by atoms with Gasteiger partial charge in [0.2, 0.25) is 11.9 Å². The lowest BCUT2D eigenvalue weighted by molar-refractivity contribution is -0.0361. The first-order valence-corrected chi connectivity index (χ1v) is 9.27. The van der Waals surface area contributed by atoms with Crippen LogP contribution in [-0.4, -0.2) is 36.5 Å². The summed E-state index contributed by atoms with van der Waals surface area (Å²) in [5.74, 6) is -2.09. The van der Waals surface area contributed by atoms with Crippen molar-refractivity contribution in [3.05, 3.63) is 49.1 Å². The summed E-state index contributed by atoms with van der Waals surface area (Å²) in [7, 11) is 0. The highest BCUT2D eigenvalue weighted by atomic mass is 19.3. The number of anilines is 1. The van der Waals surface area contributed by atoms with Gasteiger partial charge in [0.25, 0.3) is 0 Å². The first kappa shape index (κ1) is 17.0. The monoisotopic (exact) mass is 380 g/mol. The second-order valence-corrected chi connectivity index (χ2v) is 7.18. The van der Waals surface area contributed by atoms with Crippen molar-refractivity contribution in [1.29, 1.82) is 0 Å². The minimum atomic E-state index is -2.54. The topological polar surface area (TPSA) is 68.0 Å². The lowest BCUT2D eigenvalue weighted by atomic mass is 9.92. The van der Waals surface area contributed by atoms with E-state index in [1.807, 2.05) is 30.5 Å². The molecule has 28 heavy (non-hydrogen) atoms. The van der Waals surface area contributed by atoms with Gasteiger partial charge >= 0.3 is 0 Å². The number of nitrogens with one attached hydrogen (secondary N) is 1. The van der Waals surface area contributed by atoms with Gasteiger partial charge in [0.15, 0.2) is 0 Å². The summed E-state index contributed by atoms with van der Waals surface area (Å²) in [6.07, 6.45) is 7.62. The third-order valence-corrected chi connectivity index (χ3v) is 5.25. The third-order valence-electron chi connectivity index (χ3n) is 5.25. The number of nitrogens with zero attached hydrogens (tertiary/aromatic N) is 5. The van der Waals surface area contributed by atoms with Gasteiger partial charge in [-0.05, 0) is 36.6 Å². The number of aromatic nitrogens is 5. The number of benzene rings is 1. The number of rotatable bonds is 3. The van der Waals surface area contributed by atoms with Crippen molar-refractivity contribution in [2.24, 2.45) is 0 Å². The third kappa shape index (κ3) is 3.15. The highest BCUT2D eigenvalue weighted by molar-refractivity contribution is 5.86. The Morgan fingerprint density at radius 1 is 1.00 bits per heavy atom. The predicted octanol–water partition coefficient (Wildman–Crippen LogP) is 4.33. The Morgan fingerprint density at radius 2 is 1.79 bits per heavy atom. The Kier molecular flexibility index (Phi) is 3.92. The molecule has 142 valence electrons. The first-order valence-electron chi connectivity index (χ1n) is 9.27. The second kappa shape index (κ2) is 6.47. The van der Waals surface area contributed by atoms with Gasteiger partial charge in [-0.15, -0.1) is 5.10 Å². The molecule has 1 aliphatic carbocycles. The van der Waals surface area contributed by atoms with Crippen LogP contribution in [-0.2, 0) is 0 Å². The SMILES string of the molecule is FC1(F)CCC(Nc2ncc3c(-c4ccc5nccnc5c4)ccn3n2)CC1. The van der Waals surface area contributed by atoms with Gasteiger partial charge in [0.05, 0.1) is 22.7 Å². The van der Waals surface area contributed by atoms with Gasteiger partial charge in [0, 0.05) is 43.0 Å². The largest absolute Gasteiger partial charge is 0.350 e. The summed E-state index contributed by atoms with van der Waals surface area (Å²) in [4.78, 5) is 13.1. The molecule has 3 heterocycles. The second-order valence-electron chi connectivity index (χ2n) is 7.18. The molecular weight excluding hydrogens is 362 g/mol. The molecule has 0 saturated heterocycles. The zero-order valence-electron chi connectivity index (χ0n) is 15.0. The molecule has 1 saturated carbocycles. The zero-order valence-corrected chi connectivity index (χ0v) is 15.0. The van der Waals surface area contributed by atoms with E-state index in [-0.39, 0.29) is 18.9 Å². The van der Waals surface area contributed by atoms with Crippen LogP contribution in [0.2, 0.25) is 0 Å². The molecular formula is C20H18F2N6. The molecule has 0 atom stereocenters. The van der Waals surface area contributed by atoms with Gasteiger partial charge in [-0.1, -0.05) is 6.07 Å². The van der Waals surface area contributed by atoms with Crippen LogP contribution < -0.4 is 5.32 Å². The van der Waals surface area contributed by atoms with Gasteiger partial charge in [-0.3, -0.25) is 9.97 Å². The molecule has 8 heteroatoms. The van der Waals surface area contributed by atoms with Crippen molar-refractivity contribution < 1.29 is 8.78 Å². The maximum absolute atomic E-state index is 13.3. The molecule has 6 nitrogen and oxygen atoms in total. The minimum Gasteiger partial charge on any atom is -0.350 e. The Bertz CT molecular complexity index is 1150. The van der Waals surface area contributed by atoms with Crippen LogP contribution in [0, 0.1) is 0 Å². The van der Waals surface area contributed by atoms with Gasteiger partial charge < -0.3 is 5.32 Å². The maximum atomic E-state index is 13.3. The summed E-state index contributed by atoms with van der Waals surface area (Å²) < 4.78 is 28.4. The first-order chi connectivity index (χ1) is 13.6. The Balaban J connectivity index is 1.41. The summed E-state index contributed by atoms with van der Waals surface area (Å²) in [5.41, 5.74) is 4.54. The highest BCUT2D eigenvalue weighted by Gasteiger charge is 2.35. The number of fused-ring (bicyclic) bond motifs is 2. The molecule has 0 spiro atoms. The number of alkyl halides is 2. The molecule has 0 unspecified atom stereocenters. The summed E-state index contributed by atoms with van der Waals surface area (Å²) >= 11 is 0. The summed E-state index contributed by atoms with van der Waals surface area (Å²) in [5, 5.41) is 7.68. The van der Waals surface area contributed by atoms with Crippen molar-refractivity contribution in [2.75, 3.05) is 5.32 Å². The molecule has 1 aliphatic rings. The van der Waals surface area contributed by atoms with Crippen LogP contribution in [0.15, 0.2) is 49.1 Å². The fourth-order valence-corrected chi connectivity index (χ4v) is 3.71. The Hall–Kier alpha value is -3.16. The van der Waals surface area contributed by atoms with E-state index in [2.05, 4.69) is 25.4 Å². The molecule has 5 rings (SSSR count). The molecule has 4 aromatic rings. The predicted molar refractivity (Wildman–Crippen MR) is 102 cm³/mol. The number of hydrogen-bond donors (Lipinski definition) is 1. The zero-order chi connectivity index (χ0) is 19.1. The van der Waals surface area contributed by atoms with Crippen LogP contribution in [0.5, 0.6) is 0 Å². The van der Waals surface area contributed by atoms with E-state index in [4.69, 9.17) is 0 Å². The van der Waals surface area contributed by atoms with Crippen LogP contribution in [0.1, 0.15) is 25.7 Å². The maximum Gasteiger partial charge on any atom is 0.248 e. The minimum absolute atomic E-state index is 0.0221. The van der Waals surface area contributed by atoms with Crippen molar-refractivity contribution in [2.45, 2.75) is 37.6 Å². The molecule has 0 radical (unpaired) electrons. The van der Waals surface area contributed by atoms with Gasteiger partial charge in [-0.2, -0.15) is 0 Å². The average molecular weight is 380 g/mol. The Labute approximate surface area is 159 Å². The van der Waals surface area contributed by atoms with Crippen molar-refractivity contribution in [3.63, 3.8) is 0 Å². The van der Waals surface area contributed by atoms with Crippen LogP contribution in [0.25, 0.3) is 27.7 Å². The van der Waals surface area contributed by atoms with E-state index in [0.29, 0.717) is 18.8 Å². The molecule has 1 N–H and O–H groups in total. The smallest absolute Gasteiger partial charge is 0.248 e. The van der Waals surface area contributed by atoms with E-state index >= 15 is 0 Å². The number of halogens is 2. The van der Waals surface area contributed by atoms with Crippen LogP contribution in [0.3, 0.4) is 0 Å². The number of hydrogen-bond acceptors (Lipinski definition) is 5. The highest BCUT2D eigenvalue weighted by Crippen LogP contribution is 2.34. The average Bonchev–Trinajstić information content (AvgIpc) is 3.12. The summed E-state index contributed by atoms with van der Waals surface area (Å²) in [6, 6.07) is 7.89. The normalized spacial score (nSPS) is 17.2. The van der Waals surface area contributed by atoms with Crippen LogP contribution in [0.4, 0.5) is 14.7 Å². The van der Waals surface area contributed by atoms with E-state index in [1.165, 1.54) is 0 Å². The fraction of sp³-hybridized carbons (Fsp3) is 0.300. The quantitative estimate of drug-likeness (QED) is 0.573. The van der Waals surface area contributed by atoms with Crippen molar-refractivity contribution >= 4 is 22.5 Å². The summed E-state index contributed by atoms with van der Waals surface area (Å²) in [6.45, 7) is 0. The fourth-order valence-electron chi connectivity index (χ4n) is 3.71.